The molecular formula is C23H20ClN5. The van der Waals surface area contributed by atoms with Crippen LogP contribution >= 0.6 is 12.4 Å². The minimum atomic E-state index is 0. The number of fused-ring (bicyclic) bond motifs is 2. The maximum atomic E-state index is 5.79. The van der Waals surface area contributed by atoms with Crippen LogP contribution in [0.15, 0.2) is 100 Å². The normalized spacial score (nSPS) is 11.9. The van der Waals surface area contributed by atoms with Crippen LogP contribution in [0.25, 0.3) is 21.5 Å². The van der Waals surface area contributed by atoms with Gasteiger partial charge in [-0.05, 0) is 44.8 Å². The van der Waals surface area contributed by atoms with E-state index in [4.69, 9.17) is 5.73 Å². The Labute approximate surface area is 175 Å². The first-order valence-electron chi connectivity index (χ1n) is 8.91. The summed E-state index contributed by atoms with van der Waals surface area (Å²) in [6.07, 6.45) is 3.36. The third-order valence-corrected chi connectivity index (χ3v) is 4.31. The van der Waals surface area contributed by atoms with Gasteiger partial charge in [-0.2, -0.15) is 10.2 Å². The average Bonchev–Trinajstić information content (AvgIpc) is 2.73. The largest absolute Gasteiger partial charge is 0.367 e. The van der Waals surface area contributed by atoms with E-state index >= 15 is 0 Å². The van der Waals surface area contributed by atoms with Crippen molar-refractivity contribution in [3.8, 4) is 0 Å². The van der Waals surface area contributed by atoms with Crippen molar-refractivity contribution in [3.63, 3.8) is 0 Å². The summed E-state index contributed by atoms with van der Waals surface area (Å²) in [7, 11) is 0. The monoisotopic (exact) mass is 401 g/mol. The zero-order valence-corrected chi connectivity index (χ0v) is 16.4. The molecule has 0 saturated carbocycles. The second-order valence-electron chi connectivity index (χ2n) is 6.31. The standard InChI is InChI=1S/C23H19N5.ClH/c24-23(27-25-15-17-9-11-19-5-1-3-7-21(19)13-17)28-26-16-18-10-12-20-6-2-4-8-22(20)14-18;/h1-16H,(H3,24,27,28);1H/b25-15+,26-16+;. The van der Waals surface area contributed by atoms with Gasteiger partial charge in [-0.1, -0.05) is 72.8 Å². The van der Waals surface area contributed by atoms with Crippen molar-refractivity contribution in [1.82, 2.24) is 5.43 Å². The van der Waals surface area contributed by atoms with Gasteiger partial charge in [0.25, 0.3) is 0 Å². The van der Waals surface area contributed by atoms with Gasteiger partial charge in [-0.15, -0.1) is 17.5 Å². The average molecular weight is 402 g/mol. The van der Waals surface area contributed by atoms with Gasteiger partial charge in [0.2, 0.25) is 5.96 Å². The molecule has 0 radical (unpaired) electrons. The number of nitrogens with two attached hydrogens (primary N) is 1. The van der Waals surface area contributed by atoms with E-state index < -0.39 is 0 Å². The Bertz CT molecular complexity index is 1210. The number of hydrogen-bond acceptors (Lipinski definition) is 3. The maximum Gasteiger partial charge on any atom is 0.234 e. The highest BCUT2D eigenvalue weighted by atomic mass is 35.5. The molecule has 0 aliphatic heterocycles. The number of guanidine groups is 1. The Morgan fingerprint density at radius 1 is 0.690 bits per heavy atom. The van der Waals surface area contributed by atoms with Gasteiger partial charge in [-0.3, -0.25) is 0 Å². The summed E-state index contributed by atoms with van der Waals surface area (Å²) >= 11 is 0. The molecule has 4 rings (SSSR count). The number of nitrogens with one attached hydrogen (secondary N) is 1. The molecule has 0 heterocycles. The van der Waals surface area contributed by atoms with Crippen molar-refractivity contribution in [2.45, 2.75) is 0 Å². The molecular weight excluding hydrogens is 382 g/mol. The lowest BCUT2D eigenvalue weighted by atomic mass is 10.1. The van der Waals surface area contributed by atoms with Crippen molar-refractivity contribution < 1.29 is 0 Å². The molecule has 0 aromatic heterocycles. The fourth-order valence-corrected chi connectivity index (χ4v) is 2.93. The lowest BCUT2D eigenvalue weighted by molar-refractivity contribution is 0.994. The lowest BCUT2D eigenvalue weighted by Gasteiger charge is -2.00. The lowest BCUT2D eigenvalue weighted by Crippen LogP contribution is -2.26. The third kappa shape index (κ3) is 5.18. The highest BCUT2D eigenvalue weighted by Gasteiger charge is 1.95. The maximum absolute atomic E-state index is 5.79. The molecule has 4 aromatic carbocycles. The Hall–Kier alpha value is -3.70. The van der Waals surface area contributed by atoms with E-state index in [0.29, 0.717) is 0 Å². The SMILES string of the molecule is Cl.N/C(=N\N=C\c1ccc2ccccc2c1)N/N=C/c1ccc2ccccc2c1. The molecule has 0 saturated heterocycles. The molecule has 29 heavy (non-hydrogen) atoms. The number of hydrogen-bond donors (Lipinski definition) is 2. The van der Waals surface area contributed by atoms with Crippen LogP contribution < -0.4 is 11.2 Å². The van der Waals surface area contributed by atoms with Crippen LogP contribution in [0.2, 0.25) is 0 Å². The summed E-state index contributed by atoms with van der Waals surface area (Å²) < 4.78 is 0. The van der Waals surface area contributed by atoms with Crippen molar-refractivity contribution in [1.29, 1.82) is 0 Å². The number of hydrazone groups is 1. The Kier molecular flexibility index (Phi) is 6.55. The fourth-order valence-electron chi connectivity index (χ4n) is 2.93. The molecule has 0 fully saturated rings. The van der Waals surface area contributed by atoms with Crippen molar-refractivity contribution in [3.05, 3.63) is 96.1 Å². The Balaban J connectivity index is 0.00000240. The molecule has 0 atom stereocenters. The molecule has 4 aromatic rings. The molecule has 6 heteroatoms. The highest BCUT2D eigenvalue weighted by molar-refractivity contribution is 5.92. The highest BCUT2D eigenvalue weighted by Crippen LogP contribution is 2.15. The van der Waals surface area contributed by atoms with Gasteiger partial charge in [0.1, 0.15) is 0 Å². The molecule has 0 bridgehead atoms. The third-order valence-electron chi connectivity index (χ3n) is 4.31. The number of halogens is 1. The summed E-state index contributed by atoms with van der Waals surface area (Å²) in [5, 5.41) is 16.7. The van der Waals surface area contributed by atoms with Crippen LogP contribution in [0.5, 0.6) is 0 Å². The molecule has 3 N–H and O–H groups in total. The van der Waals surface area contributed by atoms with E-state index in [1.165, 1.54) is 10.8 Å². The molecule has 0 amide bonds. The van der Waals surface area contributed by atoms with Gasteiger partial charge in [0, 0.05) is 0 Å². The van der Waals surface area contributed by atoms with Crippen LogP contribution in [0.4, 0.5) is 0 Å². The quantitative estimate of drug-likeness (QED) is 0.296. The minimum Gasteiger partial charge on any atom is -0.367 e. The summed E-state index contributed by atoms with van der Waals surface area (Å²) in [5.74, 6) is 0.120. The minimum absolute atomic E-state index is 0. The second kappa shape index (κ2) is 9.48. The fraction of sp³-hybridized carbons (Fsp3) is 0. The predicted molar refractivity (Wildman–Crippen MR) is 125 cm³/mol. The van der Waals surface area contributed by atoms with E-state index in [1.807, 2.05) is 36.4 Å². The first-order chi connectivity index (χ1) is 13.8. The van der Waals surface area contributed by atoms with Gasteiger partial charge in [0.15, 0.2) is 0 Å². The van der Waals surface area contributed by atoms with Gasteiger partial charge in [-0.25, -0.2) is 5.43 Å². The zero-order chi connectivity index (χ0) is 19.2. The molecule has 144 valence electrons. The van der Waals surface area contributed by atoms with E-state index in [2.05, 4.69) is 69.3 Å². The first-order valence-corrected chi connectivity index (χ1v) is 8.91. The van der Waals surface area contributed by atoms with Gasteiger partial charge in [0.05, 0.1) is 12.4 Å². The van der Waals surface area contributed by atoms with E-state index in [0.717, 1.165) is 21.9 Å². The van der Waals surface area contributed by atoms with Crippen LogP contribution in [-0.4, -0.2) is 18.4 Å². The van der Waals surface area contributed by atoms with Crippen molar-refractivity contribution in [2.75, 3.05) is 0 Å². The van der Waals surface area contributed by atoms with Gasteiger partial charge >= 0.3 is 0 Å². The van der Waals surface area contributed by atoms with Crippen molar-refractivity contribution >= 4 is 52.3 Å². The van der Waals surface area contributed by atoms with Crippen LogP contribution in [0, 0.1) is 0 Å². The number of rotatable bonds is 4. The zero-order valence-electron chi connectivity index (χ0n) is 15.6. The van der Waals surface area contributed by atoms with Crippen LogP contribution in [0.1, 0.15) is 11.1 Å². The van der Waals surface area contributed by atoms with E-state index in [-0.39, 0.29) is 18.4 Å². The van der Waals surface area contributed by atoms with Gasteiger partial charge < -0.3 is 5.73 Å². The van der Waals surface area contributed by atoms with Crippen LogP contribution in [-0.2, 0) is 0 Å². The summed E-state index contributed by atoms with van der Waals surface area (Å²) in [4.78, 5) is 0. The molecule has 0 spiro atoms. The topological polar surface area (TPSA) is 75.1 Å². The molecule has 0 aliphatic carbocycles. The summed E-state index contributed by atoms with van der Waals surface area (Å²) in [5.41, 5.74) is 10.4. The molecule has 0 unspecified atom stereocenters. The number of nitrogens with zero attached hydrogens (tertiary/aromatic N) is 3. The number of benzene rings is 4. The summed E-state index contributed by atoms with van der Waals surface area (Å²) in [6, 6.07) is 28.6. The Morgan fingerprint density at radius 2 is 1.21 bits per heavy atom. The molecule has 5 nitrogen and oxygen atoms in total. The Morgan fingerprint density at radius 3 is 1.79 bits per heavy atom. The molecule has 0 aliphatic rings. The van der Waals surface area contributed by atoms with E-state index in [9.17, 15) is 0 Å². The predicted octanol–water partition coefficient (Wildman–Crippen LogP) is 4.69. The van der Waals surface area contributed by atoms with Crippen molar-refractivity contribution in [2.24, 2.45) is 21.0 Å². The smallest absolute Gasteiger partial charge is 0.234 e. The first kappa shape index (κ1) is 20.0. The van der Waals surface area contributed by atoms with Crippen LogP contribution in [0.3, 0.4) is 0 Å². The second-order valence-corrected chi connectivity index (χ2v) is 6.31. The van der Waals surface area contributed by atoms with E-state index in [1.54, 1.807) is 12.4 Å². The summed E-state index contributed by atoms with van der Waals surface area (Å²) in [6.45, 7) is 0.